The fraction of sp³-hybridized carbons (Fsp3) is 0.433. The number of thiophene rings is 1. The second-order valence-corrected chi connectivity index (χ2v) is 11.9. The molecule has 12 nitrogen and oxygen atoms in total. The molecule has 228 valence electrons. The van der Waals surface area contributed by atoms with E-state index in [9.17, 15) is 19.5 Å². The van der Waals surface area contributed by atoms with E-state index in [4.69, 9.17) is 18.6 Å². The van der Waals surface area contributed by atoms with Gasteiger partial charge in [0.05, 0.1) is 43.3 Å². The number of carboxylic acids is 1. The van der Waals surface area contributed by atoms with Crippen LogP contribution in [0.3, 0.4) is 0 Å². The minimum Gasteiger partial charge on any atom is -0.496 e. The number of oxazole rings is 1. The summed E-state index contributed by atoms with van der Waals surface area (Å²) in [5.41, 5.74) is -0.690. The number of piperidine rings is 1. The van der Waals surface area contributed by atoms with E-state index in [1.807, 2.05) is 24.3 Å². The highest BCUT2D eigenvalue weighted by Gasteiger charge is 2.37. The number of amides is 1. The predicted molar refractivity (Wildman–Crippen MR) is 159 cm³/mol. The van der Waals surface area contributed by atoms with Crippen LogP contribution in [0.25, 0.3) is 21.0 Å². The SMILES string of the molecule is COC(=O)N1CCC(O[C@H](Cn2nc(C(C)(C)C(=O)O)c(=O)c3c(C)c(-c4ncco4)sc32)c2ccccc2OC)CC1. The molecule has 3 aromatic heterocycles. The molecule has 5 rings (SSSR count). The normalized spacial score (nSPS) is 15.0. The molecular weight excluding hydrogens is 576 g/mol. The van der Waals surface area contributed by atoms with E-state index in [-0.39, 0.29) is 24.4 Å². The van der Waals surface area contributed by atoms with Gasteiger partial charge in [-0.1, -0.05) is 18.2 Å². The number of fused-ring (bicyclic) bond motifs is 1. The molecule has 13 heteroatoms. The molecule has 1 aliphatic heterocycles. The molecule has 4 heterocycles. The first-order valence-corrected chi connectivity index (χ1v) is 14.7. The Kier molecular flexibility index (Phi) is 8.56. The summed E-state index contributed by atoms with van der Waals surface area (Å²) in [4.78, 5) is 45.3. The predicted octanol–water partition coefficient (Wildman–Crippen LogP) is 4.78. The molecule has 0 aliphatic carbocycles. The van der Waals surface area contributed by atoms with Gasteiger partial charge in [-0.05, 0) is 45.2 Å². The zero-order valence-electron chi connectivity index (χ0n) is 24.7. The maximum atomic E-state index is 13.8. The molecule has 0 spiro atoms. The van der Waals surface area contributed by atoms with E-state index in [1.165, 1.54) is 44.8 Å². The minimum atomic E-state index is -1.56. The lowest BCUT2D eigenvalue weighted by Crippen LogP contribution is -2.41. The Morgan fingerprint density at radius 1 is 1.21 bits per heavy atom. The molecule has 0 unspecified atom stereocenters. The summed E-state index contributed by atoms with van der Waals surface area (Å²) in [6, 6.07) is 7.50. The van der Waals surface area contributed by atoms with Crippen molar-refractivity contribution in [2.24, 2.45) is 0 Å². The number of ether oxygens (including phenoxy) is 3. The fourth-order valence-corrected chi connectivity index (χ4v) is 6.50. The molecule has 1 N–H and O–H groups in total. The van der Waals surface area contributed by atoms with Crippen molar-refractivity contribution in [3.8, 4) is 16.5 Å². The summed E-state index contributed by atoms with van der Waals surface area (Å²) in [6.07, 6.45) is 3.03. The number of carbonyl (C=O) groups is 2. The summed E-state index contributed by atoms with van der Waals surface area (Å²) in [5.74, 6) is -0.192. The first-order chi connectivity index (χ1) is 20.6. The smallest absolute Gasteiger partial charge is 0.409 e. The van der Waals surface area contributed by atoms with Crippen molar-refractivity contribution < 1.29 is 33.3 Å². The fourth-order valence-electron chi connectivity index (χ4n) is 5.29. The summed E-state index contributed by atoms with van der Waals surface area (Å²) in [6.45, 7) is 5.85. The van der Waals surface area contributed by atoms with Gasteiger partial charge in [0.25, 0.3) is 0 Å². The van der Waals surface area contributed by atoms with E-state index in [1.54, 1.807) is 23.6 Å². The number of aryl methyl sites for hydroxylation is 1. The first-order valence-electron chi connectivity index (χ1n) is 13.9. The van der Waals surface area contributed by atoms with Crippen LogP contribution in [-0.2, 0) is 26.2 Å². The van der Waals surface area contributed by atoms with Gasteiger partial charge in [0.1, 0.15) is 34.1 Å². The van der Waals surface area contributed by atoms with Crippen LogP contribution < -0.4 is 10.2 Å². The molecule has 0 saturated carbocycles. The Morgan fingerprint density at radius 2 is 1.93 bits per heavy atom. The summed E-state index contributed by atoms with van der Waals surface area (Å²) in [5, 5.41) is 15.1. The molecular formula is C30H34N4O8S. The van der Waals surface area contributed by atoms with Crippen LogP contribution in [0.4, 0.5) is 4.79 Å². The van der Waals surface area contributed by atoms with Crippen molar-refractivity contribution >= 4 is 33.6 Å². The zero-order valence-corrected chi connectivity index (χ0v) is 25.5. The lowest BCUT2D eigenvalue weighted by atomic mass is 9.88. The number of para-hydroxylation sites is 1. The van der Waals surface area contributed by atoms with Crippen LogP contribution >= 0.6 is 11.3 Å². The van der Waals surface area contributed by atoms with E-state index < -0.39 is 22.9 Å². The number of carbonyl (C=O) groups excluding carboxylic acids is 1. The zero-order chi connectivity index (χ0) is 30.9. The molecule has 1 aliphatic rings. The van der Waals surface area contributed by atoms with Gasteiger partial charge in [0, 0.05) is 18.7 Å². The highest BCUT2D eigenvalue weighted by molar-refractivity contribution is 7.22. The molecule has 0 radical (unpaired) electrons. The number of benzene rings is 1. The number of carboxylic acid groups (broad SMARTS) is 1. The van der Waals surface area contributed by atoms with Crippen LogP contribution in [0.15, 0.2) is 45.9 Å². The van der Waals surface area contributed by atoms with Crippen LogP contribution in [-0.4, -0.2) is 70.2 Å². The lowest BCUT2D eigenvalue weighted by Gasteiger charge is -2.33. The van der Waals surface area contributed by atoms with Crippen molar-refractivity contribution in [1.29, 1.82) is 0 Å². The van der Waals surface area contributed by atoms with Gasteiger partial charge < -0.3 is 28.6 Å². The van der Waals surface area contributed by atoms with Gasteiger partial charge in [-0.15, -0.1) is 11.3 Å². The Morgan fingerprint density at radius 3 is 2.56 bits per heavy atom. The van der Waals surface area contributed by atoms with Crippen molar-refractivity contribution in [3.63, 3.8) is 0 Å². The van der Waals surface area contributed by atoms with Crippen molar-refractivity contribution in [1.82, 2.24) is 19.7 Å². The van der Waals surface area contributed by atoms with Crippen molar-refractivity contribution in [2.75, 3.05) is 27.3 Å². The molecule has 1 aromatic carbocycles. The van der Waals surface area contributed by atoms with Crippen LogP contribution in [0.1, 0.15) is 49.6 Å². The van der Waals surface area contributed by atoms with E-state index >= 15 is 0 Å². The number of hydrogen-bond donors (Lipinski definition) is 1. The number of hydrogen-bond acceptors (Lipinski definition) is 10. The Bertz CT molecular complexity index is 1690. The van der Waals surface area contributed by atoms with Gasteiger partial charge in [-0.2, -0.15) is 5.10 Å². The molecule has 1 saturated heterocycles. The number of aromatic nitrogens is 3. The maximum Gasteiger partial charge on any atom is 0.409 e. The van der Waals surface area contributed by atoms with Gasteiger partial charge in [0.2, 0.25) is 11.3 Å². The molecule has 4 aromatic rings. The van der Waals surface area contributed by atoms with Gasteiger partial charge in [0.15, 0.2) is 0 Å². The van der Waals surface area contributed by atoms with E-state index in [0.29, 0.717) is 58.2 Å². The monoisotopic (exact) mass is 610 g/mol. The van der Waals surface area contributed by atoms with E-state index in [0.717, 1.165) is 5.56 Å². The number of likely N-dealkylation sites (tertiary alicyclic amines) is 1. The first kappa shape index (κ1) is 30.2. The number of aliphatic carboxylic acids is 1. The standard InChI is InChI=1S/C30H34N4O8S/c1-17-22-23(35)25(30(2,3)28(36)37)32-34(27(22)43-24(17)26-31-12-15-41-26)16-21(19-8-6-7-9-20(19)39-4)42-18-10-13-33(14-11-18)29(38)40-5/h6-9,12,15,18,21H,10-11,13-14,16H2,1-5H3,(H,36,37)/t21-/m1/s1. The lowest BCUT2D eigenvalue weighted by molar-refractivity contribution is -0.142. The van der Waals surface area contributed by atoms with Crippen LogP contribution in [0.5, 0.6) is 5.75 Å². The van der Waals surface area contributed by atoms with Crippen molar-refractivity contribution in [2.45, 2.75) is 57.8 Å². The molecule has 1 atom stereocenters. The third-order valence-corrected chi connectivity index (χ3v) is 9.13. The second-order valence-electron chi connectivity index (χ2n) is 10.9. The largest absolute Gasteiger partial charge is 0.496 e. The average Bonchev–Trinajstić information content (AvgIpc) is 3.66. The summed E-state index contributed by atoms with van der Waals surface area (Å²) >= 11 is 1.30. The number of methoxy groups -OCH3 is 2. The topological polar surface area (TPSA) is 146 Å². The number of nitrogens with zero attached hydrogens (tertiary/aromatic N) is 4. The third kappa shape index (κ3) is 5.74. The summed E-state index contributed by atoms with van der Waals surface area (Å²) < 4.78 is 24.5. The maximum absolute atomic E-state index is 13.8. The summed E-state index contributed by atoms with van der Waals surface area (Å²) in [7, 11) is 2.94. The van der Waals surface area contributed by atoms with Crippen LogP contribution in [0, 0.1) is 6.92 Å². The quantitative estimate of drug-likeness (QED) is 0.281. The average molecular weight is 611 g/mol. The van der Waals surface area contributed by atoms with E-state index in [2.05, 4.69) is 10.1 Å². The van der Waals surface area contributed by atoms with Gasteiger partial charge >= 0.3 is 12.1 Å². The van der Waals surface area contributed by atoms with Crippen LogP contribution in [0.2, 0.25) is 0 Å². The highest BCUT2D eigenvalue weighted by atomic mass is 32.1. The molecule has 1 amide bonds. The highest BCUT2D eigenvalue weighted by Crippen LogP contribution is 2.38. The molecule has 43 heavy (non-hydrogen) atoms. The van der Waals surface area contributed by atoms with Crippen molar-refractivity contribution in [3.05, 3.63) is 63.8 Å². The second kappa shape index (κ2) is 12.2. The Balaban J connectivity index is 1.63. The molecule has 1 fully saturated rings. The number of rotatable bonds is 9. The van der Waals surface area contributed by atoms with Gasteiger partial charge in [-0.3, -0.25) is 14.3 Å². The van der Waals surface area contributed by atoms with Gasteiger partial charge in [-0.25, -0.2) is 9.78 Å². The molecule has 0 bridgehead atoms. The third-order valence-electron chi connectivity index (χ3n) is 7.83. The Hall–Kier alpha value is -4.23. The Labute approximate surface area is 251 Å². The minimum absolute atomic E-state index is 0.0856.